The summed E-state index contributed by atoms with van der Waals surface area (Å²) >= 11 is 0. The van der Waals surface area contributed by atoms with Crippen LogP contribution in [0.4, 0.5) is 0 Å². The van der Waals surface area contributed by atoms with Gasteiger partial charge in [0.1, 0.15) is 5.75 Å². The number of primary sulfonamides is 1. The molecular weight excluding hydrogens is 270 g/mol. The van der Waals surface area contributed by atoms with Crippen LogP contribution in [0.2, 0.25) is 0 Å². The first-order valence-corrected chi connectivity index (χ1v) is 7.35. The van der Waals surface area contributed by atoms with Gasteiger partial charge < -0.3 is 9.84 Å². The van der Waals surface area contributed by atoms with Gasteiger partial charge in [0.2, 0.25) is 10.0 Å². The van der Waals surface area contributed by atoms with Crippen molar-refractivity contribution < 1.29 is 23.1 Å². The van der Waals surface area contributed by atoms with Crippen LogP contribution >= 0.6 is 0 Å². The van der Waals surface area contributed by atoms with Gasteiger partial charge in [0, 0.05) is 5.56 Å². The number of rotatable bonds is 6. The summed E-state index contributed by atoms with van der Waals surface area (Å²) in [5.74, 6) is -0.998. The predicted molar refractivity (Wildman–Crippen MR) is 69.9 cm³/mol. The fraction of sp³-hybridized carbons (Fsp3) is 0.417. The fourth-order valence-electron chi connectivity index (χ4n) is 1.56. The maximum atomic E-state index is 11.4. The molecule has 0 atom stereocenters. The number of aromatic carboxylic acids is 1. The Labute approximate surface area is 112 Å². The molecule has 0 aliphatic rings. The molecule has 0 unspecified atom stereocenters. The van der Waals surface area contributed by atoms with Crippen LogP contribution in [0.15, 0.2) is 17.0 Å². The third kappa shape index (κ3) is 3.93. The van der Waals surface area contributed by atoms with Crippen molar-refractivity contribution in [2.24, 2.45) is 5.14 Å². The second-order valence-corrected chi connectivity index (χ2v) is 5.68. The Bertz CT molecular complexity index is 580. The summed E-state index contributed by atoms with van der Waals surface area (Å²) in [6, 6.07) is 2.35. The number of carboxylic acids is 1. The number of carbonyl (C=O) groups is 1. The second kappa shape index (κ2) is 6.03. The fourth-order valence-corrected chi connectivity index (χ4v) is 2.38. The van der Waals surface area contributed by atoms with E-state index in [2.05, 4.69) is 0 Å². The van der Waals surface area contributed by atoms with Gasteiger partial charge in [0.05, 0.1) is 17.1 Å². The summed E-state index contributed by atoms with van der Waals surface area (Å²) < 4.78 is 28.3. The van der Waals surface area contributed by atoms with Gasteiger partial charge in [-0.3, -0.25) is 0 Å². The molecule has 3 N–H and O–H groups in total. The zero-order valence-electron chi connectivity index (χ0n) is 10.8. The molecule has 0 saturated carbocycles. The van der Waals surface area contributed by atoms with Crippen molar-refractivity contribution in [1.82, 2.24) is 0 Å². The lowest BCUT2D eigenvalue weighted by Gasteiger charge is -2.13. The number of nitrogens with two attached hydrogens (primary N) is 1. The van der Waals surface area contributed by atoms with Gasteiger partial charge in [-0.2, -0.15) is 0 Å². The molecule has 0 aliphatic carbocycles. The summed E-state index contributed by atoms with van der Waals surface area (Å²) in [5, 5.41) is 14.0. The summed E-state index contributed by atoms with van der Waals surface area (Å²) in [4.78, 5) is 10.8. The highest BCUT2D eigenvalue weighted by Gasteiger charge is 2.19. The molecule has 19 heavy (non-hydrogen) atoms. The van der Waals surface area contributed by atoms with Crippen LogP contribution < -0.4 is 9.88 Å². The normalized spacial score (nSPS) is 11.3. The lowest BCUT2D eigenvalue weighted by Crippen LogP contribution is -2.16. The smallest absolute Gasteiger partial charge is 0.335 e. The Morgan fingerprint density at radius 2 is 2.05 bits per heavy atom. The topological polar surface area (TPSA) is 107 Å². The quantitative estimate of drug-likeness (QED) is 0.771. The van der Waals surface area contributed by atoms with E-state index in [0.29, 0.717) is 12.2 Å². The van der Waals surface area contributed by atoms with Crippen LogP contribution in [0.1, 0.15) is 35.7 Å². The number of unbranched alkanes of at least 4 members (excludes halogenated alkanes) is 1. The van der Waals surface area contributed by atoms with Gasteiger partial charge in [-0.1, -0.05) is 13.3 Å². The standard InChI is InChI=1S/C12H17NO5S/c1-3-4-5-18-10-6-9(12(14)15)7-11(8(10)2)19(13,16)17/h6-7H,3-5H2,1-2H3,(H,14,15)(H2,13,16,17). The minimum Gasteiger partial charge on any atom is -0.493 e. The molecular formula is C12H17NO5S. The van der Waals surface area contributed by atoms with Gasteiger partial charge in [-0.25, -0.2) is 18.4 Å². The van der Waals surface area contributed by atoms with Crippen molar-refractivity contribution in [1.29, 1.82) is 0 Å². The van der Waals surface area contributed by atoms with Crippen molar-refractivity contribution in [3.05, 3.63) is 23.3 Å². The Morgan fingerprint density at radius 3 is 2.53 bits per heavy atom. The van der Waals surface area contributed by atoms with Crippen LogP contribution in [0.5, 0.6) is 5.75 Å². The molecule has 106 valence electrons. The Morgan fingerprint density at radius 1 is 1.42 bits per heavy atom. The second-order valence-electron chi connectivity index (χ2n) is 4.15. The van der Waals surface area contributed by atoms with Crippen LogP contribution in [-0.2, 0) is 10.0 Å². The third-order valence-corrected chi connectivity index (χ3v) is 3.66. The molecule has 0 bridgehead atoms. The van der Waals surface area contributed by atoms with Crippen LogP contribution in [0.3, 0.4) is 0 Å². The molecule has 1 rings (SSSR count). The third-order valence-electron chi connectivity index (χ3n) is 2.62. The van der Waals surface area contributed by atoms with Crippen molar-refractivity contribution in [2.45, 2.75) is 31.6 Å². The summed E-state index contributed by atoms with van der Waals surface area (Å²) in [6.45, 7) is 3.91. The van der Waals surface area contributed by atoms with Gasteiger partial charge in [0.15, 0.2) is 0 Å². The molecule has 0 saturated heterocycles. The molecule has 7 heteroatoms. The first-order chi connectivity index (χ1) is 8.77. The Hall–Kier alpha value is -1.60. The number of sulfonamides is 1. The number of benzene rings is 1. The SMILES string of the molecule is CCCCOc1cc(C(=O)O)cc(S(N)(=O)=O)c1C. The van der Waals surface area contributed by atoms with Crippen molar-refractivity contribution >= 4 is 16.0 Å². The van der Waals surface area contributed by atoms with E-state index in [0.717, 1.165) is 18.9 Å². The van der Waals surface area contributed by atoms with Crippen LogP contribution in [0, 0.1) is 6.92 Å². The van der Waals surface area contributed by atoms with Crippen LogP contribution in [-0.4, -0.2) is 26.1 Å². The molecule has 0 aromatic heterocycles. The zero-order valence-corrected chi connectivity index (χ0v) is 11.7. The first-order valence-electron chi connectivity index (χ1n) is 5.81. The Kier molecular flexibility index (Phi) is 4.90. The minimum absolute atomic E-state index is 0.166. The van der Waals surface area contributed by atoms with Crippen molar-refractivity contribution in [2.75, 3.05) is 6.61 Å². The monoisotopic (exact) mass is 287 g/mol. The van der Waals surface area contributed by atoms with E-state index in [1.807, 2.05) is 6.92 Å². The van der Waals surface area contributed by atoms with Crippen molar-refractivity contribution in [3.63, 3.8) is 0 Å². The first kappa shape index (κ1) is 15.5. The number of hydrogen-bond donors (Lipinski definition) is 2. The van der Waals surface area contributed by atoms with Gasteiger partial charge >= 0.3 is 5.97 Å². The minimum atomic E-state index is -3.99. The van der Waals surface area contributed by atoms with E-state index >= 15 is 0 Å². The Balaban J connectivity index is 3.29. The average Bonchev–Trinajstić information content (AvgIpc) is 2.29. The van der Waals surface area contributed by atoms with Gasteiger partial charge in [-0.05, 0) is 25.5 Å². The lowest BCUT2D eigenvalue weighted by atomic mass is 10.1. The summed E-state index contributed by atoms with van der Waals surface area (Å²) in [5.41, 5.74) is 0.157. The van der Waals surface area contributed by atoms with E-state index < -0.39 is 16.0 Å². The summed E-state index contributed by atoms with van der Waals surface area (Å²) in [7, 11) is -3.99. The van der Waals surface area contributed by atoms with E-state index in [1.54, 1.807) is 0 Å². The maximum absolute atomic E-state index is 11.4. The highest BCUT2D eigenvalue weighted by atomic mass is 32.2. The zero-order chi connectivity index (χ0) is 14.6. The van der Waals surface area contributed by atoms with E-state index in [9.17, 15) is 13.2 Å². The highest BCUT2D eigenvalue weighted by molar-refractivity contribution is 7.89. The molecule has 1 aromatic carbocycles. The van der Waals surface area contributed by atoms with E-state index in [-0.39, 0.29) is 16.2 Å². The average molecular weight is 287 g/mol. The molecule has 0 aliphatic heterocycles. The number of ether oxygens (including phenoxy) is 1. The maximum Gasteiger partial charge on any atom is 0.335 e. The molecule has 0 spiro atoms. The number of carboxylic acid groups (broad SMARTS) is 1. The number of hydrogen-bond acceptors (Lipinski definition) is 4. The highest BCUT2D eigenvalue weighted by Crippen LogP contribution is 2.27. The van der Waals surface area contributed by atoms with E-state index in [4.69, 9.17) is 15.0 Å². The van der Waals surface area contributed by atoms with Crippen molar-refractivity contribution in [3.8, 4) is 5.75 Å². The largest absolute Gasteiger partial charge is 0.493 e. The molecule has 0 radical (unpaired) electrons. The lowest BCUT2D eigenvalue weighted by molar-refractivity contribution is 0.0696. The van der Waals surface area contributed by atoms with Gasteiger partial charge in [0.25, 0.3) is 0 Å². The van der Waals surface area contributed by atoms with Gasteiger partial charge in [-0.15, -0.1) is 0 Å². The predicted octanol–water partition coefficient (Wildman–Crippen LogP) is 1.52. The molecule has 0 heterocycles. The molecule has 0 fully saturated rings. The molecule has 6 nitrogen and oxygen atoms in total. The van der Waals surface area contributed by atoms with Crippen LogP contribution in [0.25, 0.3) is 0 Å². The summed E-state index contributed by atoms with van der Waals surface area (Å²) in [6.07, 6.45) is 1.71. The van der Waals surface area contributed by atoms with E-state index in [1.165, 1.54) is 13.0 Å². The molecule has 0 amide bonds. The molecule has 1 aromatic rings.